The van der Waals surface area contributed by atoms with Crippen molar-refractivity contribution in [2.24, 2.45) is 0 Å². The molecule has 1 fully saturated rings. The van der Waals surface area contributed by atoms with Crippen molar-refractivity contribution in [3.63, 3.8) is 0 Å². The number of anilines is 1. The highest BCUT2D eigenvalue weighted by molar-refractivity contribution is 6.25. The van der Waals surface area contributed by atoms with Crippen LogP contribution in [0.5, 0.6) is 0 Å². The Hall–Kier alpha value is -3.60. The van der Waals surface area contributed by atoms with Crippen molar-refractivity contribution in [1.82, 2.24) is 15.5 Å². The summed E-state index contributed by atoms with van der Waals surface area (Å²) in [6.07, 6.45) is -1.00. The number of nitrogens with one attached hydrogen (secondary N) is 3. The van der Waals surface area contributed by atoms with Crippen LogP contribution in [0.25, 0.3) is 0 Å². The number of carbonyl (C=O) groups is 4. The van der Waals surface area contributed by atoms with Crippen molar-refractivity contribution in [3.05, 3.63) is 65.2 Å². The number of carbonyl (C=O) groups excluding carboxylic acids is 4. The Kier molecular flexibility index (Phi) is 6.78. The maximum Gasteiger partial charge on any atom is 0.264 e. The number of rotatable bonds is 9. The van der Waals surface area contributed by atoms with Gasteiger partial charge in [-0.25, -0.2) is 0 Å². The van der Waals surface area contributed by atoms with Gasteiger partial charge in [0.25, 0.3) is 11.8 Å². The molecule has 2 aromatic carbocycles. The smallest absolute Gasteiger partial charge is 0.264 e. The number of aliphatic hydroxyl groups excluding tert-OH is 1. The van der Waals surface area contributed by atoms with E-state index < -0.39 is 36.1 Å². The van der Waals surface area contributed by atoms with Crippen molar-refractivity contribution in [2.75, 3.05) is 18.4 Å². The summed E-state index contributed by atoms with van der Waals surface area (Å²) in [4.78, 5) is 50.4. The highest BCUT2D eigenvalue weighted by atomic mass is 16.6. The predicted octanol–water partition coefficient (Wildman–Crippen LogP) is 0.582. The lowest BCUT2D eigenvalue weighted by atomic mass is 10.0. The molecule has 2 atom stereocenters. The van der Waals surface area contributed by atoms with Crippen molar-refractivity contribution in [1.29, 1.82) is 0 Å². The van der Waals surface area contributed by atoms with Crippen LogP contribution in [0, 0.1) is 0 Å². The van der Waals surface area contributed by atoms with Crippen molar-refractivity contribution in [3.8, 4) is 0 Å². The van der Waals surface area contributed by atoms with E-state index in [4.69, 9.17) is 4.74 Å². The van der Waals surface area contributed by atoms with Crippen LogP contribution in [0.2, 0.25) is 0 Å². The molecular formula is C23H24N4O6. The lowest BCUT2D eigenvalue weighted by Crippen LogP contribution is -2.54. The van der Waals surface area contributed by atoms with E-state index in [0.717, 1.165) is 10.5 Å². The van der Waals surface area contributed by atoms with Gasteiger partial charge >= 0.3 is 0 Å². The number of hydrogen-bond donors (Lipinski definition) is 4. The van der Waals surface area contributed by atoms with Crippen molar-refractivity contribution < 1.29 is 29.0 Å². The van der Waals surface area contributed by atoms with E-state index in [1.165, 1.54) is 6.07 Å². The molecule has 2 unspecified atom stereocenters. The maximum absolute atomic E-state index is 13.0. The zero-order chi connectivity index (χ0) is 23.4. The van der Waals surface area contributed by atoms with Crippen LogP contribution in [-0.2, 0) is 20.9 Å². The summed E-state index contributed by atoms with van der Waals surface area (Å²) in [7, 11) is 0. The molecule has 0 radical (unpaired) electrons. The van der Waals surface area contributed by atoms with Crippen LogP contribution in [0.3, 0.4) is 0 Å². The van der Waals surface area contributed by atoms with E-state index in [9.17, 15) is 24.3 Å². The van der Waals surface area contributed by atoms with Gasteiger partial charge in [-0.3, -0.25) is 34.7 Å². The first-order valence-corrected chi connectivity index (χ1v) is 10.6. The van der Waals surface area contributed by atoms with E-state index in [2.05, 4.69) is 16.0 Å². The molecule has 2 aromatic rings. The quantitative estimate of drug-likeness (QED) is 0.246. The summed E-state index contributed by atoms with van der Waals surface area (Å²) < 4.78 is 5.33. The Labute approximate surface area is 189 Å². The van der Waals surface area contributed by atoms with Crippen LogP contribution in [0.1, 0.15) is 39.1 Å². The molecule has 2 aliphatic rings. The van der Waals surface area contributed by atoms with Gasteiger partial charge in [-0.1, -0.05) is 36.4 Å². The summed E-state index contributed by atoms with van der Waals surface area (Å²) in [6, 6.07) is 13.3. The fourth-order valence-electron chi connectivity index (χ4n) is 3.86. The van der Waals surface area contributed by atoms with Crippen LogP contribution in [-0.4, -0.2) is 59.2 Å². The van der Waals surface area contributed by atoms with E-state index in [1.807, 2.05) is 30.3 Å². The zero-order valence-electron chi connectivity index (χ0n) is 17.7. The fraction of sp³-hybridized carbons (Fsp3) is 0.304. The molecule has 0 bridgehead atoms. The van der Waals surface area contributed by atoms with Crippen LogP contribution < -0.4 is 16.0 Å². The maximum atomic E-state index is 13.0. The molecule has 10 nitrogen and oxygen atoms in total. The predicted molar refractivity (Wildman–Crippen MR) is 117 cm³/mol. The monoisotopic (exact) mass is 452 g/mol. The first-order valence-electron chi connectivity index (χ1n) is 10.6. The largest absolute Gasteiger partial charge is 0.383 e. The van der Waals surface area contributed by atoms with Crippen LogP contribution in [0.15, 0.2) is 48.5 Å². The third kappa shape index (κ3) is 4.92. The molecule has 10 heteroatoms. The molecule has 2 heterocycles. The summed E-state index contributed by atoms with van der Waals surface area (Å²) in [6.45, 7) is 0.905. The van der Waals surface area contributed by atoms with Gasteiger partial charge in [-0.05, 0) is 24.1 Å². The van der Waals surface area contributed by atoms with Gasteiger partial charge in [0.15, 0.2) is 0 Å². The molecule has 2 aliphatic heterocycles. The first kappa shape index (κ1) is 22.6. The third-order valence-corrected chi connectivity index (χ3v) is 5.48. The number of fused-ring (bicyclic) bond motifs is 1. The molecule has 0 aromatic heterocycles. The first-order chi connectivity index (χ1) is 16.0. The zero-order valence-corrected chi connectivity index (χ0v) is 17.7. The van der Waals surface area contributed by atoms with Crippen molar-refractivity contribution in [2.45, 2.75) is 31.9 Å². The lowest BCUT2D eigenvalue weighted by Gasteiger charge is -2.27. The molecule has 4 N–H and O–H groups in total. The molecule has 4 amide bonds. The normalized spacial score (nSPS) is 18.8. The Bertz CT molecular complexity index is 1070. The minimum absolute atomic E-state index is 0.0647. The van der Waals surface area contributed by atoms with Gasteiger partial charge in [0.1, 0.15) is 6.04 Å². The second-order valence-electron chi connectivity index (χ2n) is 7.71. The van der Waals surface area contributed by atoms with E-state index >= 15 is 0 Å². The van der Waals surface area contributed by atoms with Crippen molar-refractivity contribution >= 4 is 29.3 Å². The highest BCUT2D eigenvalue weighted by Gasteiger charge is 2.45. The minimum Gasteiger partial charge on any atom is -0.383 e. The number of amides is 4. The summed E-state index contributed by atoms with van der Waals surface area (Å²) in [5.74, 6) is -2.20. The molecule has 1 saturated heterocycles. The number of aliphatic hydroxyl groups is 1. The SMILES string of the molecule is O=C1CCC(N2C(=O)c3cccc(NCCNC(O)OCc4ccccc4)c3C2=O)C(=O)N1. The minimum atomic E-state index is -1.17. The van der Waals surface area contributed by atoms with Crippen LogP contribution in [0.4, 0.5) is 5.69 Å². The molecule has 4 rings (SSSR count). The molecule has 0 saturated carbocycles. The van der Waals surface area contributed by atoms with E-state index in [-0.39, 0.29) is 30.6 Å². The van der Waals surface area contributed by atoms with Gasteiger partial charge < -0.3 is 15.2 Å². The van der Waals surface area contributed by atoms with Gasteiger partial charge in [-0.15, -0.1) is 0 Å². The number of imide groups is 2. The number of hydrogen-bond acceptors (Lipinski definition) is 8. The second-order valence-corrected chi connectivity index (χ2v) is 7.71. The number of benzene rings is 2. The number of ether oxygens (including phenoxy) is 1. The molecular weight excluding hydrogens is 428 g/mol. The standard InChI is InChI=1S/C23H24N4O6/c28-18-10-9-17(20(29)26-18)27-21(30)15-7-4-8-16(19(15)22(27)31)24-11-12-25-23(32)33-13-14-5-2-1-3-6-14/h1-8,17,23-25,32H,9-13H2,(H,26,28,29). The summed E-state index contributed by atoms with van der Waals surface area (Å²) in [5.41, 5.74) is 1.77. The third-order valence-electron chi connectivity index (χ3n) is 5.48. The highest BCUT2D eigenvalue weighted by Crippen LogP contribution is 2.32. The van der Waals surface area contributed by atoms with Crippen LogP contribution >= 0.6 is 0 Å². The van der Waals surface area contributed by atoms with Gasteiger partial charge in [-0.2, -0.15) is 0 Å². The topological polar surface area (TPSA) is 137 Å². The Balaban J connectivity index is 1.33. The average Bonchev–Trinajstić information content (AvgIpc) is 3.07. The Morgan fingerprint density at radius 1 is 1.03 bits per heavy atom. The molecule has 0 aliphatic carbocycles. The molecule has 172 valence electrons. The van der Waals surface area contributed by atoms with Gasteiger partial charge in [0, 0.05) is 25.2 Å². The average molecular weight is 452 g/mol. The van der Waals surface area contributed by atoms with Gasteiger partial charge in [0.05, 0.1) is 17.7 Å². The Morgan fingerprint density at radius 2 is 1.82 bits per heavy atom. The van der Waals surface area contributed by atoms with E-state index in [1.54, 1.807) is 12.1 Å². The lowest BCUT2D eigenvalue weighted by molar-refractivity contribution is -0.136. The number of piperidine rings is 1. The summed E-state index contributed by atoms with van der Waals surface area (Å²) >= 11 is 0. The molecule has 33 heavy (non-hydrogen) atoms. The van der Waals surface area contributed by atoms with Gasteiger partial charge in [0.2, 0.25) is 18.2 Å². The van der Waals surface area contributed by atoms with E-state index in [0.29, 0.717) is 18.8 Å². The number of nitrogens with zero attached hydrogens (tertiary/aromatic N) is 1. The Morgan fingerprint density at radius 3 is 2.58 bits per heavy atom. The fourth-order valence-corrected chi connectivity index (χ4v) is 3.86. The second kappa shape index (κ2) is 9.90. The molecule has 0 spiro atoms. The summed E-state index contributed by atoms with van der Waals surface area (Å²) in [5, 5.41) is 18.0.